The van der Waals surface area contributed by atoms with Crippen molar-refractivity contribution in [3.63, 3.8) is 0 Å². The van der Waals surface area contributed by atoms with Crippen LogP contribution >= 0.6 is 0 Å². The molecule has 0 fully saturated rings. The van der Waals surface area contributed by atoms with E-state index >= 15 is 0 Å². The summed E-state index contributed by atoms with van der Waals surface area (Å²) in [6.07, 6.45) is 1.08. The number of anilines is 2. The number of ether oxygens (including phenoxy) is 1. The highest BCUT2D eigenvalue weighted by atomic mass is 16.5. The fourth-order valence-electron chi connectivity index (χ4n) is 1.48. The number of hydrogen-bond acceptors (Lipinski definition) is 4. The van der Waals surface area contributed by atoms with E-state index in [0.717, 1.165) is 18.8 Å². The SMILES string of the molecule is CCCN(C)c1ccc(N)c(OC(C)(C)C)n1. The van der Waals surface area contributed by atoms with Gasteiger partial charge in [0.2, 0.25) is 5.88 Å². The van der Waals surface area contributed by atoms with Gasteiger partial charge in [0.15, 0.2) is 0 Å². The molecule has 17 heavy (non-hydrogen) atoms. The molecule has 0 aromatic carbocycles. The summed E-state index contributed by atoms with van der Waals surface area (Å²) in [4.78, 5) is 6.55. The molecule has 0 saturated carbocycles. The summed E-state index contributed by atoms with van der Waals surface area (Å²) in [7, 11) is 2.02. The second-order valence-electron chi connectivity index (χ2n) is 5.20. The maximum atomic E-state index is 5.86. The molecular formula is C13H23N3O. The van der Waals surface area contributed by atoms with Crippen molar-refractivity contribution in [1.29, 1.82) is 0 Å². The third-order valence-electron chi connectivity index (χ3n) is 2.23. The van der Waals surface area contributed by atoms with E-state index in [9.17, 15) is 0 Å². The number of nitrogens with two attached hydrogens (primary N) is 1. The lowest BCUT2D eigenvalue weighted by Gasteiger charge is -2.23. The van der Waals surface area contributed by atoms with Crippen LogP contribution in [-0.4, -0.2) is 24.2 Å². The average Bonchev–Trinajstić information content (AvgIpc) is 2.19. The minimum absolute atomic E-state index is 0.289. The Kier molecular flexibility index (Phi) is 4.21. The summed E-state index contributed by atoms with van der Waals surface area (Å²) in [5.74, 6) is 1.40. The summed E-state index contributed by atoms with van der Waals surface area (Å²) in [5.41, 5.74) is 6.15. The highest BCUT2D eigenvalue weighted by Gasteiger charge is 2.16. The molecule has 2 N–H and O–H groups in total. The number of pyridine rings is 1. The third-order valence-corrected chi connectivity index (χ3v) is 2.23. The van der Waals surface area contributed by atoms with Gasteiger partial charge in [-0.05, 0) is 39.3 Å². The van der Waals surface area contributed by atoms with Crippen molar-refractivity contribution >= 4 is 11.5 Å². The molecular weight excluding hydrogens is 214 g/mol. The first kappa shape index (κ1) is 13.6. The van der Waals surface area contributed by atoms with Gasteiger partial charge in [0.1, 0.15) is 11.4 Å². The van der Waals surface area contributed by atoms with Crippen molar-refractivity contribution in [2.75, 3.05) is 24.2 Å². The predicted octanol–water partition coefficient (Wildman–Crippen LogP) is 2.69. The Bertz CT molecular complexity index is 371. The maximum absolute atomic E-state index is 5.86. The lowest BCUT2D eigenvalue weighted by Crippen LogP contribution is -2.25. The minimum Gasteiger partial charge on any atom is -0.470 e. The topological polar surface area (TPSA) is 51.4 Å². The van der Waals surface area contributed by atoms with Gasteiger partial charge in [0.05, 0.1) is 5.69 Å². The number of nitrogen functional groups attached to an aromatic ring is 1. The van der Waals surface area contributed by atoms with Crippen LogP contribution in [0.25, 0.3) is 0 Å². The van der Waals surface area contributed by atoms with E-state index in [1.165, 1.54) is 0 Å². The predicted molar refractivity (Wildman–Crippen MR) is 72.6 cm³/mol. The van der Waals surface area contributed by atoms with Gasteiger partial charge in [-0.15, -0.1) is 0 Å². The van der Waals surface area contributed by atoms with E-state index in [2.05, 4.69) is 16.8 Å². The van der Waals surface area contributed by atoms with Crippen LogP contribution in [0.1, 0.15) is 34.1 Å². The fourth-order valence-corrected chi connectivity index (χ4v) is 1.48. The van der Waals surface area contributed by atoms with Crippen molar-refractivity contribution < 1.29 is 4.74 Å². The summed E-state index contributed by atoms with van der Waals surface area (Å²) in [6, 6.07) is 3.76. The molecule has 0 aliphatic heterocycles. The molecule has 1 rings (SSSR count). The second kappa shape index (κ2) is 5.25. The van der Waals surface area contributed by atoms with E-state index < -0.39 is 0 Å². The Labute approximate surface area is 104 Å². The molecule has 0 aliphatic rings. The second-order valence-corrected chi connectivity index (χ2v) is 5.20. The number of hydrogen-bond donors (Lipinski definition) is 1. The number of rotatable bonds is 4. The van der Waals surface area contributed by atoms with Gasteiger partial charge >= 0.3 is 0 Å². The minimum atomic E-state index is -0.289. The van der Waals surface area contributed by atoms with Gasteiger partial charge in [0.25, 0.3) is 0 Å². The highest BCUT2D eigenvalue weighted by molar-refractivity contribution is 5.54. The van der Waals surface area contributed by atoms with Crippen molar-refractivity contribution in [3.05, 3.63) is 12.1 Å². The fraction of sp³-hybridized carbons (Fsp3) is 0.615. The molecule has 0 unspecified atom stereocenters. The van der Waals surface area contributed by atoms with Crippen LogP contribution in [0, 0.1) is 0 Å². The summed E-state index contributed by atoms with van der Waals surface area (Å²) in [6.45, 7) is 9.05. The molecule has 1 aromatic heterocycles. The smallest absolute Gasteiger partial charge is 0.239 e. The lowest BCUT2D eigenvalue weighted by molar-refractivity contribution is 0.125. The molecule has 4 nitrogen and oxygen atoms in total. The molecule has 1 aromatic rings. The standard InChI is InChI=1S/C13H23N3O/c1-6-9-16(5)11-8-7-10(14)12(15-11)17-13(2,3)4/h7-8H,6,9,14H2,1-5H3. The summed E-state index contributed by atoms with van der Waals surface area (Å²) < 4.78 is 5.74. The number of aromatic nitrogens is 1. The molecule has 0 radical (unpaired) electrons. The van der Waals surface area contributed by atoms with Crippen LogP contribution in [0.3, 0.4) is 0 Å². The third kappa shape index (κ3) is 4.13. The molecule has 0 aliphatic carbocycles. The zero-order chi connectivity index (χ0) is 13.1. The van der Waals surface area contributed by atoms with Gasteiger partial charge in [-0.1, -0.05) is 6.92 Å². The van der Waals surface area contributed by atoms with Crippen molar-refractivity contribution in [3.8, 4) is 5.88 Å². The van der Waals surface area contributed by atoms with Gasteiger partial charge in [0, 0.05) is 13.6 Å². The zero-order valence-corrected chi connectivity index (χ0v) is 11.4. The van der Waals surface area contributed by atoms with E-state index in [0.29, 0.717) is 11.6 Å². The molecule has 96 valence electrons. The van der Waals surface area contributed by atoms with Gasteiger partial charge in [-0.2, -0.15) is 4.98 Å². The average molecular weight is 237 g/mol. The van der Waals surface area contributed by atoms with Crippen LogP contribution in [0.5, 0.6) is 5.88 Å². The summed E-state index contributed by atoms with van der Waals surface area (Å²) >= 11 is 0. The van der Waals surface area contributed by atoms with E-state index in [1.54, 1.807) is 0 Å². The Hall–Kier alpha value is -1.45. The summed E-state index contributed by atoms with van der Waals surface area (Å²) in [5, 5.41) is 0. The first-order valence-electron chi connectivity index (χ1n) is 6.00. The van der Waals surface area contributed by atoms with Crippen LogP contribution in [0.15, 0.2) is 12.1 Å². The first-order chi connectivity index (χ1) is 7.83. The quantitative estimate of drug-likeness (QED) is 0.874. The van der Waals surface area contributed by atoms with Gasteiger partial charge in [-0.3, -0.25) is 0 Å². The van der Waals surface area contributed by atoms with Crippen LogP contribution < -0.4 is 15.4 Å². The van der Waals surface area contributed by atoms with Crippen LogP contribution in [0.2, 0.25) is 0 Å². The van der Waals surface area contributed by atoms with Crippen LogP contribution in [-0.2, 0) is 0 Å². The normalized spacial score (nSPS) is 11.4. The number of nitrogens with zero attached hydrogens (tertiary/aromatic N) is 2. The molecule has 0 atom stereocenters. The molecule has 4 heteroatoms. The van der Waals surface area contributed by atoms with E-state index in [-0.39, 0.29) is 5.60 Å². The van der Waals surface area contributed by atoms with Crippen molar-refractivity contribution in [1.82, 2.24) is 4.98 Å². The first-order valence-corrected chi connectivity index (χ1v) is 6.00. The van der Waals surface area contributed by atoms with Crippen molar-refractivity contribution in [2.24, 2.45) is 0 Å². The van der Waals surface area contributed by atoms with Gasteiger partial charge < -0.3 is 15.4 Å². The van der Waals surface area contributed by atoms with Gasteiger partial charge in [-0.25, -0.2) is 0 Å². The van der Waals surface area contributed by atoms with Crippen LogP contribution in [0.4, 0.5) is 11.5 Å². The molecule has 0 spiro atoms. The molecule has 0 amide bonds. The molecule has 1 heterocycles. The Morgan fingerprint density at radius 1 is 1.35 bits per heavy atom. The Balaban J connectivity index is 2.94. The monoisotopic (exact) mass is 237 g/mol. The lowest BCUT2D eigenvalue weighted by atomic mass is 10.2. The Morgan fingerprint density at radius 2 is 2.00 bits per heavy atom. The van der Waals surface area contributed by atoms with Crippen molar-refractivity contribution in [2.45, 2.75) is 39.7 Å². The molecule has 0 bridgehead atoms. The largest absolute Gasteiger partial charge is 0.470 e. The van der Waals surface area contributed by atoms with E-state index in [4.69, 9.17) is 10.5 Å². The van der Waals surface area contributed by atoms with E-state index in [1.807, 2.05) is 40.0 Å². The molecule has 0 saturated heterocycles. The highest BCUT2D eigenvalue weighted by Crippen LogP contribution is 2.26. The zero-order valence-electron chi connectivity index (χ0n) is 11.4. The Morgan fingerprint density at radius 3 is 2.53 bits per heavy atom. The maximum Gasteiger partial charge on any atom is 0.239 e.